The molecule has 0 heterocycles. The van der Waals surface area contributed by atoms with Crippen LogP contribution in [0.25, 0.3) is 0 Å². The summed E-state index contributed by atoms with van der Waals surface area (Å²) in [6.07, 6.45) is 1.85. The van der Waals surface area contributed by atoms with Crippen molar-refractivity contribution in [3.63, 3.8) is 0 Å². The molecule has 0 radical (unpaired) electrons. The summed E-state index contributed by atoms with van der Waals surface area (Å²) < 4.78 is 11.6. The highest BCUT2D eigenvalue weighted by Crippen LogP contribution is 2.39. The van der Waals surface area contributed by atoms with E-state index in [-0.39, 0.29) is 76.6 Å². The molecule has 1 aliphatic carbocycles. The molecule has 0 bridgehead atoms. The number of ether oxygens (including phenoxy) is 2. The molecule has 0 aromatic heterocycles. The molecule has 184 valence electrons. The lowest BCUT2D eigenvalue weighted by Crippen LogP contribution is -2.24. The Morgan fingerprint density at radius 1 is 0.800 bits per heavy atom. The molecule has 35 heavy (non-hydrogen) atoms. The highest BCUT2D eigenvalue weighted by Gasteiger charge is 2.35. The molecule has 0 saturated carbocycles. The smallest absolute Gasteiger partial charge is 0.224 e. The number of amides is 1. The fraction of sp³-hybridized carbons (Fsp3) is 0.370. The first-order valence-electron chi connectivity index (χ1n) is 11.7. The number of rotatable bonds is 12. The lowest BCUT2D eigenvalue weighted by Gasteiger charge is -2.23. The van der Waals surface area contributed by atoms with Gasteiger partial charge in [0.2, 0.25) is 11.7 Å². The monoisotopic (exact) mass is 479 g/mol. The summed E-state index contributed by atoms with van der Waals surface area (Å²) >= 11 is 0. The maximum absolute atomic E-state index is 13.7. The second kappa shape index (κ2) is 11.6. The van der Waals surface area contributed by atoms with Crippen LogP contribution in [0.2, 0.25) is 0 Å². The fourth-order valence-electron chi connectivity index (χ4n) is 3.82. The Morgan fingerprint density at radius 3 is 2.00 bits per heavy atom. The normalized spacial score (nSPS) is 12.0. The maximum Gasteiger partial charge on any atom is 0.224 e. The summed E-state index contributed by atoms with van der Waals surface area (Å²) in [5.41, 5.74) is 0.921. The Balaban J connectivity index is 1.99. The van der Waals surface area contributed by atoms with Crippen molar-refractivity contribution in [3.8, 4) is 11.5 Å². The minimum atomic E-state index is -0.424. The quantitative estimate of drug-likeness (QED) is 0.385. The average molecular weight is 480 g/mol. The van der Waals surface area contributed by atoms with Crippen LogP contribution in [0.15, 0.2) is 30.3 Å². The standard InChI is InChI=1S/C27H29NO7/c1-4-23(31)28-18-14-20-25(22(15-18)35-13-7-9-17(3)30)27(33)24-19(26(20)32)10-5-11-21(24)34-12-6-8-16(2)29/h5,10-11,14-15H,4,6-9,12-13H2,1-3H3,(H,28,31). The van der Waals surface area contributed by atoms with Crippen LogP contribution in [-0.2, 0) is 14.4 Å². The van der Waals surface area contributed by atoms with Crippen molar-refractivity contribution >= 4 is 34.7 Å². The molecular weight excluding hydrogens is 450 g/mol. The third kappa shape index (κ3) is 6.20. The number of carbonyl (C=O) groups excluding carboxylic acids is 5. The van der Waals surface area contributed by atoms with Gasteiger partial charge in [-0.15, -0.1) is 0 Å². The summed E-state index contributed by atoms with van der Waals surface area (Å²) in [7, 11) is 0. The predicted octanol–water partition coefficient (Wildman–Crippen LogP) is 4.31. The van der Waals surface area contributed by atoms with Gasteiger partial charge >= 0.3 is 0 Å². The van der Waals surface area contributed by atoms with E-state index in [9.17, 15) is 24.0 Å². The number of fused-ring (bicyclic) bond motifs is 2. The summed E-state index contributed by atoms with van der Waals surface area (Å²) in [5.74, 6) is -0.568. The average Bonchev–Trinajstić information content (AvgIpc) is 2.82. The van der Waals surface area contributed by atoms with Gasteiger partial charge in [0, 0.05) is 42.1 Å². The number of benzene rings is 2. The summed E-state index contributed by atoms with van der Waals surface area (Å²) in [6.45, 7) is 5.07. The SMILES string of the molecule is CCC(=O)Nc1cc(OCCCC(C)=O)c2c(c1)C(=O)c1cccc(OCCCC(C)=O)c1C2=O. The van der Waals surface area contributed by atoms with E-state index < -0.39 is 5.78 Å². The summed E-state index contributed by atoms with van der Waals surface area (Å²) in [5, 5.41) is 2.72. The van der Waals surface area contributed by atoms with E-state index in [4.69, 9.17) is 9.47 Å². The van der Waals surface area contributed by atoms with Crippen molar-refractivity contribution in [1.29, 1.82) is 0 Å². The number of carbonyl (C=O) groups is 5. The molecule has 1 N–H and O–H groups in total. The van der Waals surface area contributed by atoms with E-state index in [1.807, 2.05) is 0 Å². The number of Topliss-reactive ketones (excluding diaryl/α,β-unsaturated/α-hetero) is 2. The Labute approximate surface area is 204 Å². The first kappa shape index (κ1) is 25.8. The van der Waals surface area contributed by atoms with Gasteiger partial charge in [0.1, 0.15) is 23.1 Å². The molecule has 0 unspecified atom stereocenters. The van der Waals surface area contributed by atoms with Crippen LogP contribution >= 0.6 is 0 Å². The van der Waals surface area contributed by atoms with E-state index in [1.165, 1.54) is 26.0 Å². The molecule has 8 heteroatoms. The van der Waals surface area contributed by atoms with Crippen LogP contribution in [0.3, 0.4) is 0 Å². The molecule has 1 aliphatic rings. The van der Waals surface area contributed by atoms with Crippen molar-refractivity contribution in [1.82, 2.24) is 0 Å². The van der Waals surface area contributed by atoms with Gasteiger partial charge in [-0.1, -0.05) is 19.1 Å². The Hall–Kier alpha value is -3.81. The molecule has 2 aromatic rings. The van der Waals surface area contributed by atoms with E-state index in [0.29, 0.717) is 31.4 Å². The minimum absolute atomic E-state index is 0.0198. The lowest BCUT2D eigenvalue weighted by molar-refractivity contribution is -0.118. The molecule has 0 atom stereocenters. The number of hydrogen-bond donors (Lipinski definition) is 1. The van der Waals surface area contributed by atoms with Gasteiger partial charge in [0.25, 0.3) is 0 Å². The van der Waals surface area contributed by atoms with Crippen LogP contribution in [0.4, 0.5) is 5.69 Å². The Morgan fingerprint density at radius 2 is 1.40 bits per heavy atom. The number of nitrogens with one attached hydrogen (secondary N) is 1. The number of hydrogen-bond acceptors (Lipinski definition) is 7. The minimum Gasteiger partial charge on any atom is -0.493 e. The molecule has 3 rings (SSSR count). The highest BCUT2D eigenvalue weighted by molar-refractivity contribution is 6.30. The van der Waals surface area contributed by atoms with Crippen molar-refractivity contribution in [2.24, 2.45) is 0 Å². The topological polar surface area (TPSA) is 116 Å². The molecule has 0 saturated heterocycles. The first-order chi connectivity index (χ1) is 16.7. The second-order valence-electron chi connectivity index (χ2n) is 8.44. The zero-order valence-corrected chi connectivity index (χ0v) is 20.2. The molecule has 0 fully saturated rings. The summed E-state index contributed by atoms with van der Waals surface area (Å²) in [6, 6.07) is 7.82. The molecule has 2 aromatic carbocycles. The van der Waals surface area contributed by atoms with E-state index >= 15 is 0 Å². The zero-order valence-electron chi connectivity index (χ0n) is 20.2. The Kier molecular flexibility index (Phi) is 8.52. The first-order valence-corrected chi connectivity index (χ1v) is 11.7. The van der Waals surface area contributed by atoms with Crippen LogP contribution in [-0.4, -0.2) is 42.3 Å². The molecular formula is C27H29NO7. The largest absolute Gasteiger partial charge is 0.493 e. The van der Waals surface area contributed by atoms with Crippen molar-refractivity contribution in [3.05, 3.63) is 52.6 Å². The van der Waals surface area contributed by atoms with Gasteiger partial charge in [-0.25, -0.2) is 0 Å². The molecule has 1 amide bonds. The van der Waals surface area contributed by atoms with Gasteiger partial charge in [0.15, 0.2) is 5.78 Å². The van der Waals surface area contributed by atoms with Crippen molar-refractivity contribution in [2.45, 2.75) is 52.9 Å². The van der Waals surface area contributed by atoms with E-state index in [1.54, 1.807) is 25.1 Å². The number of ketones is 4. The zero-order chi connectivity index (χ0) is 25.5. The van der Waals surface area contributed by atoms with Gasteiger partial charge in [0.05, 0.1) is 24.3 Å². The van der Waals surface area contributed by atoms with Gasteiger partial charge in [-0.2, -0.15) is 0 Å². The van der Waals surface area contributed by atoms with Crippen LogP contribution in [0.5, 0.6) is 11.5 Å². The third-order valence-corrected chi connectivity index (χ3v) is 5.54. The van der Waals surface area contributed by atoms with Crippen LogP contribution in [0.1, 0.15) is 84.7 Å². The molecule has 0 aliphatic heterocycles. The number of anilines is 1. The second-order valence-corrected chi connectivity index (χ2v) is 8.44. The Bertz CT molecular complexity index is 1180. The van der Waals surface area contributed by atoms with E-state index in [0.717, 1.165) is 0 Å². The fourth-order valence-corrected chi connectivity index (χ4v) is 3.82. The highest BCUT2D eigenvalue weighted by atomic mass is 16.5. The molecule has 8 nitrogen and oxygen atoms in total. The van der Waals surface area contributed by atoms with Crippen LogP contribution in [0, 0.1) is 0 Å². The van der Waals surface area contributed by atoms with Crippen molar-refractivity contribution in [2.75, 3.05) is 18.5 Å². The van der Waals surface area contributed by atoms with Gasteiger partial charge in [-0.3, -0.25) is 14.4 Å². The van der Waals surface area contributed by atoms with Gasteiger partial charge < -0.3 is 24.4 Å². The third-order valence-electron chi connectivity index (χ3n) is 5.54. The predicted molar refractivity (Wildman–Crippen MR) is 129 cm³/mol. The summed E-state index contributed by atoms with van der Waals surface area (Å²) in [4.78, 5) is 61.6. The van der Waals surface area contributed by atoms with Gasteiger partial charge in [-0.05, 0) is 38.8 Å². The van der Waals surface area contributed by atoms with Crippen LogP contribution < -0.4 is 14.8 Å². The lowest BCUT2D eigenvalue weighted by atomic mass is 9.82. The van der Waals surface area contributed by atoms with Crippen molar-refractivity contribution < 1.29 is 33.4 Å². The maximum atomic E-state index is 13.7. The van der Waals surface area contributed by atoms with E-state index in [2.05, 4.69) is 5.32 Å². The molecule has 0 spiro atoms.